The van der Waals surface area contributed by atoms with Gasteiger partial charge in [0, 0.05) is 19.6 Å². The molecule has 0 aromatic rings. The molecule has 0 amide bonds. The molecule has 0 aliphatic carbocycles. The predicted molar refractivity (Wildman–Crippen MR) is 190 cm³/mol. The highest BCUT2D eigenvalue weighted by Gasteiger charge is 2.38. The third kappa shape index (κ3) is 27.0. The van der Waals surface area contributed by atoms with E-state index in [1.807, 2.05) is 0 Å². The lowest BCUT2D eigenvalue weighted by atomic mass is 10.1. The van der Waals surface area contributed by atoms with E-state index in [-0.39, 0.29) is 25.0 Å². The summed E-state index contributed by atoms with van der Waals surface area (Å²) in [6.45, 7) is 10.7. The average Bonchev–Trinajstić information content (AvgIpc) is 3.80. The molecule has 6 heteroatoms. The van der Waals surface area contributed by atoms with Gasteiger partial charge in [-0.25, -0.2) is 0 Å². The molecule has 45 heavy (non-hydrogen) atoms. The number of hydrogen-bond donors (Lipinski definition) is 1. The molecule has 1 heterocycles. The van der Waals surface area contributed by atoms with E-state index in [4.69, 9.17) is 14.2 Å². The summed E-state index contributed by atoms with van der Waals surface area (Å²) >= 11 is 0. The maximum absolute atomic E-state index is 12.3. The smallest absolute Gasteiger partial charge is 0.306 e. The van der Waals surface area contributed by atoms with Crippen LogP contribution in [0.5, 0.6) is 0 Å². The molecule has 0 saturated carbocycles. The summed E-state index contributed by atoms with van der Waals surface area (Å²) in [5, 5.41) is 9.50. The first-order valence-electron chi connectivity index (χ1n) is 19.9. The zero-order chi connectivity index (χ0) is 32.6. The molecule has 0 spiro atoms. The number of hydrogen-bond acceptors (Lipinski definition) is 6. The number of aliphatic hydroxyl groups excluding tert-OH is 1. The Hall–Kier alpha value is -0.690. The second kappa shape index (κ2) is 31.9. The number of esters is 1. The highest BCUT2D eigenvalue weighted by molar-refractivity contribution is 5.69. The Labute approximate surface area is 280 Å². The molecule has 0 aromatic heterocycles. The summed E-state index contributed by atoms with van der Waals surface area (Å²) in [5.41, 5.74) is 0. The standard InChI is InChI=1S/C39H77NO5/c1-4-7-9-11-13-21-27-35-43-39-37(45-39)29-23-17-14-19-25-31-40(33-34-41)32-26-20-15-18-24-30-38(42)44-36(6-3)28-22-16-12-10-8-5-2/h36-37,39,41H,4-35H2,1-3H3. The van der Waals surface area contributed by atoms with Gasteiger partial charge in [0.25, 0.3) is 0 Å². The van der Waals surface area contributed by atoms with Crippen molar-refractivity contribution >= 4 is 5.97 Å². The number of unbranched alkanes of at least 4 members (excludes halogenated alkanes) is 19. The molecule has 0 bridgehead atoms. The van der Waals surface area contributed by atoms with Gasteiger partial charge in [-0.2, -0.15) is 0 Å². The summed E-state index contributed by atoms with van der Waals surface area (Å²) in [6.07, 6.45) is 32.9. The van der Waals surface area contributed by atoms with Crippen LogP contribution >= 0.6 is 0 Å². The molecular formula is C39H77NO5. The van der Waals surface area contributed by atoms with Gasteiger partial charge < -0.3 is 24.2 Å². The van der Waals surface area contributed by atoms with Crippen LogP contribution < -0.4 is 0 Å². The van der Waals surface area contributed by atoms with E-state index >= 15 is 0 Å². The lowest BCUT2D eigenvalue weighted by molar-refractivity contribution is -0.149. The fourth-order valence-electron chi connectivity index (χ4n) is 6.30. The zero-order valence-electron chi connectivity index (χ0n) is 30.4. The van der Waals surface area contributed by atoms with Gasteiger partial charge in [0.1, 0.15) is 12.2 Å². The minimum absolute atomic E-state index is 0.00452. The molecule has 1 N–H and O–H groups in total. The van der Waals surface area contributed by atoms with Crippen molar-refractivity contribution in [3.63, 3.8) is 0 Å². The first kappa shape index (κ1) is 42.3. The summed E-state index contributed by atoms with van der Waals surface area (Å²) < 4.78 is 17.3. The minimum Gasteiger partial charge on any atom is -0.462 e. The Morgan fingerprint density at radius 3 is 1.80 bits per heavy atom. The highest BCUT2D eigenvalue weighted by Crippen LogP contribution is 2.29. The number of rotatable bonds is 36. The molecule has 6 nitrogen and oxygen atoms in total. The van der Waals surface area contributed by atoms with E-state index < -0.39 is 0 Å². The SMILES string of the molecule is CCCCCCCCCOC1OC1CCCCCCCN(CCO)CCCCCCCC(=O)OC(CC)CCCCCCCC. The zero-order valence-corrected chi connectivity index (χ0v) is 30.4. The normalized spacial score (nSPS) is 16.8. The Bertz CT molecular complexity index is 633. The second-order valence-electron chi connectivity index (χ2n) is 13.8. The summed E-state index contributed by atoms with van der Waals surface area (Å²) in [6, 6.07) is 0. The first-order valence-corrected chi connectivity index (χ1v) is 19.9. The van der Waals surface area contributed by atoms with Gasteiger partial charge in [0.15, 0.2) is 6.29 Å². The monoisotopic (exact) mass is 640 g/mol. The van der Waals surface area contributed by atoms with Crippen LogP contribution in [0, 0.1) is 0 Å². The summed E-state index contributed by atoms with van der Waals surface area (Å²) in [7, 11) is 0. The molecule has 0 aromatic carbocycles. The molecule has 268 valence electrons. The van der Waals surface area contributed by atoms with Crippen LogP contribution in [-0.4, -0.2) is 67.3 Å². The van der Waals surface area contributed by atoms with E-state index in [0.717, 1.165) is 58.3 Å². The topological polar surface area (TPSA) is 71.5 Å². The van der Waals surface area contributed by atoms with Gasteiger partial charge in [-0.3, -0.25) is 4.79 Å². The molecule has 0 radical (unpaired) electrons. The predicted octanol–water partition coefficient (Wildman–Crippen LogP) is 10.5. The molecule has 3 unspecified atom stereocenters. The van der Waals surface area contributed by atoms with Crippen molar-refractivity contribution in [3.05, 3.63) is 0 Å². The van der Waals surface area contributed by atoms with Gasteiger partial charge in [0.2, 0.25) is 0 Å². The molecular weight excluding hydrogens is 562 g/mol. The van der Waals surface area contributed by atoms with E-state index in [9.17, 15) is 9.90 Å². The third-order valence-electron chi connectivity index (χ3n) is 9.43. The summed E-state index contributed by atoms with van der Waals surface area (Å²) in [4.78, 5) is 14.7. The van der Waals surface area contributed by atoms with Crippen LogP contribution in [0.3, 0.4) is 0 Å². The average molecular weight is 640 g/mol. The maximum atomic E-state index is 12.3. The highest BCUT2D eigenvalue weighted by atomic mass is 16.8. The lowest BCUT2D eigenvalue weighted by Crippen LogP contribution is -2.29. The van der Waals surface area contributed by atoms with Crippen LogP contribution in [0.2, 0.25) is 0 Å². The Balaban J connectivity index is 1.92. The number of carbonyl (C=O) groups is 1. The van der Waals surface area contributed by atoms with Crippen molar-refractivity contribution in [2.24, 2.45) is 0 Å². The fourth-order valence-corrected chi connectivity index (χ4v) is 6.30. The Morgan fingerprint density at radius 1 is 0.667 bits per heavy atom. The van der Waals surface area contributed by atoms with Crippen LogP contribution in [-0.2, 0) is 19.0 Å². The number of carbonyl (C=O) groups excluding carboxylic acids is 1. The molecule has 3 atom stereocenters. The fraction of sp³-hybridized carbons (Fsp3) is 0.974. The van der Waals surface area contributed by atoms with Crippen molar-refractivity contribution in [2.45, 2.75) is 213 Å². The second-order valence-corrected chi connectivity index (χ2v) is 13.8. The Kier molecular flexibility index (Phi) is 30.0. The van der Waals surface area contributed by atoms with Crippen molar-refractivity contribution in [1.82, 2.24) is 4.90 Å². The van der Waals surface area contributed by atoms with Crippen molar-refractivity contribution in [3.8, 4) is 0 Å². The lowest BCUT2D eigenvalue weighted by Gasteiger charge is -2.21. The molecule has 1 aliphatic heterocycles. The quantitative estimate of drug-likeness (QED) is 0.0418. The largest absolute Gasteiger partial charge is 0.462 e. The molecule has 1 rings (SSSR count). The van der Waals surface area contributed by atoms with Crippen molar-refractivity contribution < 1.29 is 24.1 Å². The van der Waals surface area contributed by atoms with Crippen LogP contribution in [0.25, 0.3) is 0 Å². The third-order valence-corrected chi connectivity index (χ3v) is 9.43. The van der Waals surface area contributed by atoms with Crippen LogP contribution in [0.1, 0.15) is 194 Å². The molecule has 1 fully saturated rings. The Morgan fingerprint density at radius 2 is 1.20 bits per heavy atom. The first-order chi connectivity index (χ1) is 22.1. The van der Waals surface area contributed by atoms with Gasteiger partial charge in [-0.05, 0) is 64.5 Å². The molecule has 1 saturated heterocycles. The van der Waals surface area contributed by atoms with Gasteiger partial charge in [-0.15, -0.1) is 0 Å². The summed E-state index contributed by atoms with van der Waals surface area (Å²) in [5.74, 6) is -0.00452. The van der Waals surface area contributed by atoms with Crippen molar-refractivity contribution in [1.29, 1.82) is 0 Å². The van der Waals surface area contributed by atoms with Crippen LogP contribution in [0.4, 0.5) is 0 Å². The number of nitrogens with zero attached hydrogens (tertiary/aromatic N) is 1. The van der Waals surface area contributed by atoms with E-state index in [2.05, 4.69) is 25.7 Å². The number of aliphatic hydroxyl groups is 1. The van der Waals surface area contributed by atoms with Crippen molar-refractivity contribution in [2.75, 3.05) is 32.8 Å². The molecule has 1 aliphatic rings. The maximum Gasteiger partial charge on any atom is 0.306 e. The van der Waals surface area contributed by atoms with Gasteiger partial charge in [-0.1, -0.05) is 136 Å². The van der Waals surface area contributed by atoms with E-state index in [1.54, 1.807) is 0 Å². The van der Waals surface area contributed by atoms with Crippen LogP contribution in [0.15, 0.2) is 0 Å². The number of epoxide rings is 1. The van der Waals surface area contributed by atoms with E-state index in [0.29, 0.717) is 12.5 Å². The minimum atomic E-state index is -0.00452. The number of ether oxygens (including phenoxy) is 3. The van der Waals surface area contributed by atoms with Gasteiger partial charge >= 0.3 is 5.97 Å². The van der Waals surface area contributed by atoms with Gasteiger partial charge in [0.05, 0.1) is 6.61 Å². The van der Waals surface area contributed by atoms with E-state index in [1.165, 1.54) is 135 Å².